The molecule has 8 nitrogen and oxygen atoms in total. The first kappa shape index (κ1) is 22.3. The van der Waals surface area contributed by atoms with E-state index in [0.29, 0.717) is 17.5 Å². The van der Waals surface area contributed by atoms with Gasteiger partial charge in [0.25, 0.3) is 0 Å². The van der Waals surface area contributed by atoms with Crippen molar-refractivity contribution >= 4 is 40.3 Å². The van der Waals surface area contributed by atoms with E-state index >= 15 is 0 Å². The number of amides is 1. The number of rotatable bonds is 4. The summed E-state index contributed by atoms with van der Waals surface area (Å²) in [6.45, 7) is 7.40. The van der Waals surface area contributed by atoms with Gasteiger partial charge in [0, 0.05) is 26.0 Å². The molecule has 0 saturated carbocycles. The molecule has 1 amide bonds. The zero-order valence-corrected chi connectivity index (χ0v) is 19.8. The van der Waals surface area contributed by atoms with Crippen LogP contribution in [-0.2, 0) is 11.8 Å². The van der Waals surface area contributed by atoms with E-state index in [1.165, 1.54) is 4.90 Å². The summed E-state index contributed by atoms with van der Waals surface area (Å²) in [5, 5.41) is 0. The lowest BCUT2D eigenvalue weighted by atomic mass is 10.2. The van der Waals surface area contributed by atoms with Crippen molar-refractivity contribution in [2.45, 2.75) is 33.3 Å². The van der Waals surface area contributed by atoms with Gasteiger partial charge in [0.15, 0.2) is 0 Å². The second-order valence-electron chi connectivity index (χ2n) is 8.82. The Labute approximate surface area is 193 Å². The first-order chi connectivity index (χ1) is 15.6. The molecule has 0 aliphatic carbocycles. The lowest BCUT2D eigenvalue weighted by Crippen LogP contribution is -2.35. The number of hydrogen-bond donors (Lipinski definition) is 0. The van der Waals surface area contributed by atoms with Crippen LogP contribution in [0.2, 0.25) is 0 Å². The van der Waals surface area contributed by atoms with Gasteiger partial charge in [0.2, 0.25) is 5.95 Å². The predicted molar refractivity (Wildman–Crippen MR) is 130 cm³/mol. The number of hydrogen-bond acceptors (Lipinski definition) is 6. The minimum atomic E-state index is -0.639. The van der Waals surface area contributed by atoms with Crippen molar-refractivity contribution < 1.29 is 9.53 Å². The Morgan fingerprint density at radius 1 is 1.00 bits per heavy atom. The summed E-state index contributed by atoms with van der Waals surface area (Å²) in [5.41, 5.74) is 2.62. The van der Waals surface area contributed by atoms with Crippen molar-refractivity contribution in [3.8, 4) is 0 Å². The van der Waals surface area contributed by atoms with Crippen molar-refractivity contribution in [1.82, 2.24) is 19.5 Å². The first-order valence-electron chi connectivity index (χ1n) is 10.7. The smallest absolute Gasteiger partial charge is 0.421 e. The monoisotopic (exact) mass is 444 g/mol. The molecule has 170 valence electrons. The zero-order chi connectivity index (χ0) is 23.8. The van der Waals surface area contributed by atoms with Gasteiger partial charge in [0.05, 0.1) is 16.7 Å². The molecule has 0 spiro atoms. The van der Waals surface area contributed by atoms with Crippen molar-refractivity contribution in [3.63, 3.8) is 0 Å². The van der Waals surface area contributed by atoms with Crippen molar-refractivity contribution in [2.24, 2.45) is 7.05 Å². The molecule has 2 aromatic heterocycles. The van der Waals surface area contributed by atoms with E-state index in [2.05, 4.69) is 9.97 Å². The van der Waals surface area contributed by atoms with E-state index in [4.69, 9.17) is 9.72 Å². The second kappa shape index (κ2) is 8.54. The Morgan fingerprint density at radius 2 is 1.73 bits per heavy atom. The molecule has 8 heteroatoms. The number of fused-ring (bicyclic) bond motifs is 1. The summed E-state index contributed by atoms with van der Waals surface area (Å²) in [7, 11) is 3.84. The molecule has 0 N–H and O–H groups in total. The lowest BCUT2D eigenvalue weighted by molar-refractivity contribution is 0.0596. The molecule has 4 aromatic rings. The highest BCUT2D eigenvalue weighted by atomic mass is 16.6. The molecule has 33 heavy (non-hydrogen) atoms. The highest BCUT2D eigenvalue weighted by Crippen LogP contribution is 2.32. The number of para-hydroxylation sites is 1. The van der Waals surface area contributed by atoms with Gasteiger partial charge in [-0.2, -0.15) is 0 Å². The molecule has 0 fully saturated rings. The van der Waals surface area contributed by atoms with Crippen LogP contribution >= 0.6 is 0 Å². The maximum Gasteiger partial charge on any atom is 0.421 e. The second-order valence-corrected chi connectivity index (χ2v) is 8.82. The topological polar surface area (TPSA) is 76.4 Å². The summed E-state index contributed by atoms with van der Waals surface area (Å²) in [6.07, 6.45) is 1.25. The third kappa shape index (κ3) is 4.64. The molecule has 0 aliphatic rings. The van der Waals surface area contributed by atoms with E-state index < -0.39 is 11.7 Å². The van der Waals surface area contributed by atoms with E-state index in [1.54, 1.807) is 6.20 Å². The van der Waals surface area contributed by atoms with Crippen LogP contribution in [0.15, 0.2) is 60.8 Å². The van der Waals surface area contributed by atoms with Crippen LogP contribution in [0.25, 0.3) is 11.0 Å². The van der Waals surface area contributed by atoms with Crippen LogP contribution in [0, 0.1) is 6.92 Å². The highest BCUT2D eigenvalue weighted by Gasteiger charge is 2.28. The number of carbonyl (C=O) groups excluding carboxylic acids is 1. The molecule has 0 saturated heterocycles. The van der Waals surface area contributed by atoms with Crippen molar-refractivity contribution in [2.75, 3.05) is 16.8 Å². The SMILES string of the molecule is Cc1nccc(N(C)c2ccc3c(c2)nc(N(C(=O)OC(C)(C)C)c2ccccc2)n3C)n1. The third-order valence-electron chi connectivity index (χ3n) is 5.12. The Morgan fingerprint density at radius 3 is 2.39 bits per heavy atom. The molecular formula is C25H28N6O2. The van der Waals surface area contributed by atoms with Gasteiger partial charge >= 0.3 is 6.09 Å². The van der Waals surface area contributed by atoms with E-state index in [-0.39, 0.29) is 0 Å². The summed E-state index contributed by atoms with van der Waals surface area (Å²) < 4.78 is 7.60. The number of anilines is 4. The molecule has 0 unspecified atom stereocenters. The molecule has 0 aliphatic heterocycles. The first-order valence-corrected chi connectivity index (χ1v) is 10.7. The van der Waals surface area contributed by atoms with Crippen molar-refractivity contribution in [1.29, 1.82) is 0 Å². The van der Waals surface area contributed by atoms with Gasteiger partial charge in [0.1, 0.15) is 17.2 Å². The number of benzene rings is 2. The summed E-state index contributed by atoms with van der Waals surface area (Å²) in [6, 6.07) is 17.2. The van der Waals surface area contributed by atoms with Gasteiger partial charge in [-0.25, -0.2) is 24.6 Å². The number of imidazole rings is 1. The Bertz CT molecular complexity index is 1290. The van der Waals surface area contributed by atoms with Crippen LogP contribution in [0.5, 0.6) is 0 Å². The molecular weight excluding hydrogens is 416 g/mol. The van der Waals surface area contributed by atoms with Crippen LogP contribution in [0.4, 0.5) is 27.9 Å². The van der Waals surface area contributed by atoms with Gasteiger partial charge < -0.3 is 14.2 Å². The fourth-order valence-corrected chi connectivity index (χ4v) is 3.53. The lowest BCUT2D eigenvalue weighted by Gasteiger charge is -2.26. The van der Waals surface area contributed by atoms with Gasteiger partial charge in [-0.3, -0.25) is 0 Å². The molecule has 4 rings (SSSR count). The standard InChI is InChI=1S/C25H28N6O2/c1-17-26-15-14-22(27-17)29(5)19-12-13-21-20(16-19)28-23(30(21)6)31(18-10-8-7-9-11-18)24(32)33-25(2,3)4/h7-16H,1-6H3. The quantitative estimate of drug-likeness (QED) is 0.413. The van der Waals surface area contributed by atoms with Crippen molar-refractivity contribution in [3.05, 3.63) is 66.6 Å². The summed E-state index contributed by atoms with van der Waals surface area (Å²) >= 11 is 0. The summed E-state index contributed by atoms with van der Waals surface area (Å²) in [4.78, 5) is 30.2. The largest absolute Gasteiger partial charge is 0.443 e. The number of nitrogens with zero attached hydrogens (tertiary/aromatic N) is 6. The minimum absolute atomic E-state index is 0.475. The van der Waals surface area contributed by atoms with Crippen LogP contribution < -0.4 is 9.80 Å². The Hall–Kier alpha value is -3.94. The van der Waals surface area contributed by atoms with Gasteiger partial charge in [-0.15, -0.1) is 0 Å². The number of aryl methyl sites for hydroxylation is 2. The van der Waals surface area contributed by atoms with E-state index in [1.807, 2.05) is 106 Å². The van der Waals surface area contributed by atoms with Gasteiger partial charge in [-0.1, -0.05) is 18.2 Å². The molecule has 0 radical (unpaired) electrons. The van der Waals surface area contributed by atoms with Gasteiger partial charge in [-0.05, 0) is 64.1 Å². The normalized spacial score (nSPS) is 11.5. The summed E-state index contributed by atoms with van der Waals surface area (Å²) in [5.74, 6) is 1.97. The Kier molecular flexibility index (Phi) is 5.76. The number of carbonyl (C=O) groups is 1. The highest BCUT2D eigenvalue weighted by molar-refractivity contribution is 5.96. The average molecular weight is 445 g/mol. The number of aromatic nitrogens is 4. The third-order valence-corrected chi connectivity index (χ3v) is 5.12. The van der Waals surface area contributed by atoms with E-state index in [0.717, 1.165) is 22.5 Å². The van der Waals surface area contributed by atoms with E-state index in [9.17, 15) is 4.79 Å². The van der Waals surface area contributed by atoms with Crippen LogP contribution in [-0.4, -0.2) is 38.3 Å². The fraction of sp³-hybridized carbons (Fsp3) is 0.280. The zero-order valence-electron chi connectivity index (χ0n) is 19.8. The maximum absolute atomic E-state index is 13.2. The fourth-order valence-electron chi connectivity index (χ4n) is 3.53. The van der Waals surface area contributed by atoms with Crippen LogP contribution in [0.3, 0.4) is 0 Å². The number of ether oxygens (including phenoxy) is 1. The predicted octanol–water partition coefficient (Wildman–Crippen LogP) is 5.51. The molecule has 0 bridgehead atoms. The minimum Gasteiger partial charge on any atom is -0.443 e. The molecule has 0 atom stereocenters. The average Bonchev–Trinajstić information content (AvgIpc) is 3.08. The van der Waals surface area contributed by atoms with Crippen LogP contribution in [0.1, 0.15) is 26.6 Å². The Balaban J connectivity index is 1.78. The maximum atomic E-state index is 13.2. The molecule has 2 aromatic carbocycles. The molecule has 2 heterocycles.